The number of benzene rings is 4. The molecule has 7 nitrogen and oxygen atoms in total. The van der Waals surface area contributed by atoms with Crippen molar-refractivity contribution in [2.24, 2.45) is 0 Å². The van der Waals surface area contributed by atoms with E-state index in [-0.39, 0.29) is 33.5 Å². The Bertz CT molecular complexity index is 1720. The van der Waals surface area contributed by atoms with Gasteiger partial charge in [0.1, 0.15) is 0 Å². The Morgan fingerprint density at radius 2 is 1.50 bits per heavy atom. The first-order chi connectivity index (χ1) is 19.3. The SMILES string of the molecule is O=C(c1ccc2c(c1)N(Cc1ccccc1)C(=O)c1ccccc1S2(=O)=O)N1CCN(c2cccc(Cl)c2)CC1. The van der Waals surface area contributed by atoms with Crippen LogP contribution < -0.4 is 9.80 Å². The fourth-order valence-electron chi connectivity index (χ4n) is 5.29. The Hall–Kier alpha value is -4.14. The molecule has 2 amide bonds. The van der Waals surface area contributed by atoms with Crippen LogP contribution in [0.5, 0.6) is 0 Å². The van der Waals surface area contributed by atoms with Crippen molar-refractivity contribution in [1.29, 1.82) is 0 Å². The van der Waals surface area contributed by atoms with Crippen molar-refractivity contribution in [3.05, 3.63) is 119 Å². The highest BCUT2D eigenvalue weighted by atomic mass is 35.5. The summed E-state index contributed by atoms with van der Waals surface area (Å²) < 4.78 is 27.5. The van der Waals surface area contributed by atoms with Gasteiger partial charge in [0.25, 0.3) is 11.8 Å². The number of hydrogen-bond acceptors (Lipinski definition) is 5. The molecule has 0 N–H and O–H groups in total. The number of fused-ring (bicyclic) bond motifs is 2. The maximum absolute atomic E-state index is 13.8. The van der Waals surface area contributed by atoms with E-state index in [9.17, 15) is 18.0 Å². The van der Waals surface area contributed by atoms with Gasteiger partial charge < -0.3 is 14.7 Å². The predicted molar refractivity (Wildman–Crippen MR) is 155 cm³/mol. The smallest absolute Gasteiger partial charge is 0.259 e. The van der Waals surface area contributed by atoms with E-state index in [4.69, 9.17) is 11.6 Å². The summed E-state index contributed by atoms with van der Waals surface area (Å²) in [5, 5.41) is 0.660. The predicted octanol–water partition coefficient (Wildman–Crippen LogP) is 5.30. The first kappa shape index (κ1) is 26.1. The molecule has 2 heterocycles. The molecular weight excluding hydrogens is 546 g/mol. The van der Waals surface area contributed by atoms with Gasteiger partial charge in [-0.2, -0.15) is 0 Å². The summed E-state index contributed by atoms with van der Waals surface area (Å²) >= 11 is 6.15. The van der Waals surface area contributed by atoms with Gasteiger partial charge in [-0.05, 0) is 54.1 Å². The van der Waals surface area contributed by atoms with Crippen molar-refractivity contribution in [2.75, 3.05) is 36.0 Å². The molecule has 0 atom stereocenters. The topological polar surface area (TPSA) is 78.0 Å². The van der Waals surface area contributed by atoms with Crippen LogP contribution >= 0.6 is 11.6 Å². The lowest BCUT2D eigenvalue weighted by Crippen LogP contribution is -2.48. The van der Waals surface area contributed by atoms with Crippen molar-refractivity contribution >= 4 is 44.6 Å². The van der Waals surface area contributed by atoms with E-state index in [0.717, 1.165) is 11.3 Å². The van der Waals surface area contributed by atoms with Gasteiger partial charge >= 0.3 is 0 Å². The van der Waals surface area contributed by atoms with Crippen LogP contribution in [0.4, 0.5) is 11.4 Å². The van der Waals surface area contributed by atoms with Gasteiger partial charge in [0, 0.05) is 42.5 Å². The normalized spacial score (nSPS) is 16.2. The Morgan fingerprint density at radius 1 is 0.775 bits per heavy atom. The maximum Gasteiger partial charge on any atom is 0.259 e. The van der Waals surface area contributed by atoms with Gasteiger partial charge in [-0.15, -0.1) is 0 Å². The van der Waals surface area contributed by atoms with Crippen molar-refractivity contribution in [1.82, 2.24) is 4.90 Å². The van der Waals surface area contributed by atoms with Crippen LogP contribution in [0.1, 0.15) is 26.3 Å². The molecule has 2 aliphatic rings. The maximum atomic E-state index is 13.8. The minimum absolute atomic E-state index is 0.00376. The van der Waals surface area contributed by atoms with Crippen LogP contribution in [-0.4, -0.2) is 51.3 Å². The molecule has 6 rings (SSSR count). The van der Waals surface area contributed by atoms with Gasteiger partial charge in [-0.3, -0.25) is 9.59 Å². The molecule has 4 aromatic carbocycles. The van der Waals surface area contributed by atoms with Gasteiger partial charge in [-0.25, -0.2) is 8.42 Å². The standard InChI is InChI=1S/C31H26ClN3O4S/c32-24-9-6-10-25(20-24)33-15-17-34(18-16-33)30(36)23-13-14-29-27(19-23)35(21-22-7-2-1-3-8-22)31(37)26-11-4-5-12-28(26)40(29,38)39/h1-14,19-20H,15-18,21H2. The fraction of sp³-hybridized carbons (Fsp3) is 0.161. The summed E-state index contributed by atoms with van der Waals surface area (Å²) in [5.41, 5.74) is 2.49. The summed E-state index contributed by atoms with van der Waals surface area (Å²) in [7, 11) is -4.01. The Balaban J connectivity index is 1.35. The number of hydrogen-bond donors (Lipinski definition) is 0. The molecule has 0 unspecified atom stereocenters. The zero-order chi connectivity index (χ0) is 27.9. The number of sulfone groups is 1. The first-order valence-corrected chi connectivity index (χ1v) is 14.8. The average molecular weight is 572 g/mol. The molecule has 1 fully saturated rings. The number of anilines is 2. The van der Waals surface area contributed by atoms with Crippen molar-refractivity contribution in [3.63, 3.8) is 0 Å². The molecule has 1 saturated heterocycles. The van der Waals surface area contributed by atoms with Gasteiger partial charge in [0.15, 0.2) is 0 Å². The van der Waals surface area contributed by atoms with Crippen LogP contribution in [0.3, 0.4) is 0 Å². The van der Waals surface area contributed by atoms with E-state index in [0.29, 0.717) is 36.8 Å². The second-order valence-electron chi connectivity index (χ2n) is 9.82. The third-order valence-corrected chi connectivity index (χ3v) is 9.46. The van der Waals surface area contributed by atoms with Gasteiger partial charge in [0.2, 0.25) is 9.84 Å². The minimum Gasteiger partial charge on any atom is -0.368 e. The third-order valence-electron chi connectivity index (χ3n) is 7.36. The Kier molecular flexibility index (Phi) is 6.82. The van der Waals surface area contributed by atoms with Crippen LogP contribution in [0.15, 0.2) is 107 Å². The van der Waals surface area contributed by atoms with Crippen LogP contribution in [-0.2, 0) is 16.4 Å². The highest BCUT2D eigenvalue weighted by molar-refractivity contribution is 7.91. The van der Waals surface area contributed by atoms with E-state index < -0.39 is 15.7 Å². The highest BCUT2D eigenvalue weighted by Crippen LogP contribution is 2.38. The molecule has 0 radical (unpaired) electrons. The zero-order valence-electron chi connectivity index (χ0n) is 21.5. The lowest BCUT2D eigenvalue weighted by molar-refractivity contribution is 0.0746. The lowest BCUT2D eigenvalue weighted by Gasteiger charge is -2.36. The Morgan fingerprint density at radius 3 is 2.25 bits per heavy atom. The lowest BCUT2D eigenvalue weighted by atomic mass is 10.1. The second-order valence-corrected chi connectivity index (χ2v) is 12.1. The summed E-state index contributed by atoms with van der Waals surface area (Å²) in [5.74, 6) is -0.638. The Labute approximate surface area is 238 Å². The molecular formula is C31H26ClN3O4S. The molecule has 40 heavy (non-hydrogen) atoms. The van der Waals surface area contributed by atoms with E-state index >= 15 is 0 Å². The summed E-state index contributed by atoms with van der Waals surface area (Å²) in [6.45, 7) is 2.43. The van der Waals surface area contributed by atoms with E-state index in [2.05, 4.69) is 4.90 Å². The van der Waals surface area contributed by atoms with Crippen LogP contribution in [0.2, 0.25) is 5.02 Å². The number of halogens is 1. The van der Waals surface area contributed by atoms with Crippen molar-refractivity contribution in [3.8, 4) is 0 Å². The number of carbonyl (C=O) groups is 2. The highest BCUT2D eigenvalue weighted by Gasteiger charge is 2.36. The zero-order valence-corrected chi connectivity index (χ0v) is 23.1. The van der Waals surface area contributed by atoms with Crippen molar-refractivity contribution in [2.45, 2.75) is 16.3 Å². The second kappa shape index (κ2) is 10.4. The fourth-order valence-corrected chi connectivity index (χ4v) is 7.10. The summed E-state index contributed by atoms with van der Waals surface area (Å²) in [6, 6.07) is 27.8. The minimum atomic E-state index is -4.01. The molecule has 202 valence electrons. The third kappa shape index (κ3) is 4.74. The quantitative estimate of drug-likeness (QED) is 0.332. The van der Waals surface area contributed by atoms with Crippen molar-refractivity contribution < 1.29 is 18.0 Å². The average Bonchev–Trinajstić information content (AvgIpc) is 3.05. The van der Waals surface area contributed by atoms with Crippen LogP contribution in [0, 0.1) is 0 Å². The molecule has 0 aromatic heterocycles. The van der Waals surface area contributed by atoms with Gasteiger partial charge in [0.05, 0.1) is 27.6 Å². The molecule has 0 saturated carbocycles. The van der Waals surface area contributed by atoms with Gasteiger partial charge in [-0.1, -0.05) is 60.1 Å². The summed E-state index contributed by atoms with van der Waals surface area (Å²) in [4.78, 5) is 32.8. The number of carbonyl (C=O) groups excluding carboxylic acids is 2. The molecule has 0 bridgehead atoms. The van der Waals surface area contributed by atoms with Crippen LogP contribution in [0.25, 0.3) is 0 Å². The van der Waals surface area contributed by atoms with E-state index in [1.807, 2.05) is 54.6 Å². The largest absolute Gasteiger partial charge is 0.368 e. The van der Waals surface area contributed by atoms with E-state index in [1.165, 1.54) is 23.1 Å². The number of rotatable bonds is 4. The molecule has 0 aliphatic carbocycles. The molecule has 4 aromatic rings. The number of piperazine rings is 1. The monoisotopic (exact) mass is 571 g/mol. The van der Waals surface area contributed by atoms with E-state index in [1.54, 1.807) is 29.2 Å². The first-order valence-electron chi connectivity index (χ1n) is 13.0. The number of nitrogens with zero attached hydrogens (tertiary/aromatic N) is 3. The molecule has 2 aliphatic heterocycles. The summed E-state index contributed by atoms with van der Waals surface area (Å²) in [6.07, 6.45) is 0. The molecule has 0 spiro atoms. The molecule has 9 heteroatoms. The number of amides is 2.